The van der Waals surface area contributed by atoms with E-state index in [9.17, 15) is 9.18 Å². The van der Waals surface area contributed by atoms with Gasteiger partial charge in [-0.15, -0.1) is 0 Å². The maximum absolute atomic E-state index is 13.1. The first-order chi connectivity index (χ1) is 8.00. The third kappa shape index (κ3) is 2.64. The zero-order valence-electron chi connectivity index (χ0n) is 10.0. The topological polar surface area (TPSA) is 38.3 Å². The summed E-state index contributed by atoms with van der Waals surface area (Å²) < 4.78 is 18.4. The third-order valence-electron chi connectivity index (χ3n) is 3.05. The summed E-state index contributed by atoms with van der Waals surface area (Å²) in [6, 6.07) is 4.37. The Morgan fingerprint density at radius 2 is 2.29 bits per heavy atom. The number of hydrogen-bond acceptors (Lipinski definition) is 2. The highest BCUT2D eigenvalue weighted by atomic mass is 19.1. The lowest BCUT2D eigenvalue weighted by Crippen LogP contribution is -2.46. The molecule has 1 saturated heterocycles. The number of nitrogens with one attached hydrogen (secondary N) is 1. The van der Waals surface area contributed by atoms with E-state index in [-0.39, 0.29) is 17.3 Å². The summed E-state index contributed by atoms with van der Waals surface area (Å²) in [6.07, 6.45) is 0.804. The molecule has 0 aromatic heterocycles. The third-order valence-corrected chi connectivity index (χ3v) is 3.05. The van der Waals surface area contributed by atoms with Gasteiger partial charge in [0.15, 0.2) is 0 Å². The maximum atomic E-state index is 13.1. The summed E-state index contributed by atoms with van der Waals surface area (Å²) in [6.45, 7) is 4.79. The van der Waals surface area contributed by atoms with Crippen molar-refractivity contribution in [2.24, 2.45) is 0 Å². The van der Waals surface area contributed by atoms with E-state index >= 15 is 0 Å². The monoisotopic (exact) mass is 237 g/mol. The molecule has 1 amide bonds. The molecule has 2 rings (SSSR count). The lowest BCUT2D eigenvalue weighted by Gasteiger charge is -2.23. The van der Waals surface area contributed by atoms with E-state index in [0.717, 1.165) is 6.42 Å². The van der Waals surface area contributed by atoms with Gasteiger partial charge in [0, 0.05) is 12.2 Å². The molecule has 0 aliphatic carbocycles. The van der Waals surface area contributed by atoms with E-state index in [1.807, 2.05) is 6.92 Å². The molecule has 0 bridgehead atoms. The molecule has 0 radical (unpaired) electrons. The summed E-state index contributed by atoms with van der Waals surface area (Å²) >= 11 is 0. The molecule has 1 aliphatic heterocycles. The SMILES string of the molecule is Cc1cc(C(=O)NC2(C)CCOC2)ccc1F. The number of amides is 1. The molecule has 0 spiro atoms. The van der Waals surface area contributed by atoms with Gasteiger partial charge in [0.05, 0.1) is 12.1 Å². The summed E-state index contributed by atoms with van der Waals surface area (Å²) in [7, 11) is 0. The van der Waals surface area contributed by atoms with Crippen LogP contribution in [0, 0.1) is 12.7 Å². The van der Waals surface area contributed by atoms with E-state index in [0.29, 0.717) is 24.3 Å². The van der Waals surface area contributed by atoms with Crippen molar-refractivity contribution in [3.8, 4) is 0 Å². The van der Waals surface area contributed by atoms with Gasteiger partial charge >= 0.3 is 0 Å². The Morgan fingerprint density at radius 3 is 2.88 bits per heavy atom. The number of halogens is 1. The lowest BCUT2D eigenvalue weighted by molar-refractivity contribution is 0.0889. The number of benzene rings is 1. The average molecular weight is 237 g/mol. The zero-order chi connectivity index (χ0) is 12.5. The van der Waals surface area contributed by atoms with Crippen molar-refractivity contribution in [2.45, 2.75) is 25.8 Å². The molecule has 17 heavy (non-hydrogen) atoms. The molecular weight excluding hydrogens is 221 g/mol. The number of rotatable bonds is 2. The fourth-order valence-corrected chi connectivity index (χ4v) is 1.90. The predicted molar refractivity (Wildman–Crippen MR) is 62.4 cm³/mol. The number of carbonyl (C=O) groups is 1. The molecule has 1 unspecified atom stereocenters. The van der Waals surface area contributed by atoms with Crippen molar-refractivity contribution in [3.05, 3.63) is 35.1 Å². The minimum absolute atomic E-state index is 0.180. The fraction of sp³-hybridized carbons (Fsp3) is 0.462. The average Bonchev–Trinajstić information content (AvgIpc) is 2.69. The van der Waals surface area contributed by atoms with Gasteiger partial charge in [-0.25, -0.2) is 4.39 Å². The van der Waals surface area contributed by atoms with Crippen LogP contribution in [0.2, 0.25) is 0 Å². The van der Waals surface area contributed by atoms with Crippen molar-refractivity contribution in [1.82, 2.24) is 5.32 Å². The van der Waals surface area contributed by atoms with Gasteiger partial charge in [-0.2, -0.15) is 0 Å². The zero-order valence-corrected chi connectivity index (χ0v) is 10.0. The second kappa shape index (κ2) is 4.45. The van der Waals surface area contributed by atoms with Crippen LogP contribution in [0.4, 0.5) is 4.39 Å². The summed E-state index contributed by atoms with van der Waals surface area (Å²) in [5, 5.41) is 2.93. The van der Waals surface area contributed by atoms with Gasteiger partial charge in [-0.1, -0.05) is 0 Å². The van der Waals surface area contributed by atoms with Gasteiger partial charge in [0.2, 0.25) is 0 Å². The molecule has 1 aromatic rings. The number of ether oxygens (including phenoxy) is 1. The van der Waals surface area contributed by atoms with Crippen LogP contribution in [-0.2, 0) is 4.74 Å². The fourth-order valence-electron chi connectivity index (χ4n) is 1.90. The molecule has 1 fully saturated rings. The Labute approximate surface area is 100.0 Å². The highest BCUT2D eigenvalue weighted by molar-refractivity contribution is 5.94. The number of carbonyl (C=O) groups excluding carboxylic acids is 1. The van der Waals surface area contributed by atoms with Gasteiger partial charge in [0.1, 0.15) is 5.82 Å². The molecular formula is C13H16FNO2. The summed E-state index contributed by atoms with van der Waals surface area (Å²) in [4.78, 5) is 12.0. The van der Waals surface area contributed by atoms with Crippen LogP contribution < -0.4 is 5.32 Å². The first kappa shape index (κ1) is 12.0. The largest absolute Gasteiger partial charge is 0.379 e. The van der Waals surface area contributed by atoms with Crippen LogP contribution >= 0.6 is 0 Å². The molecule has 1 atom stereocenters. The quantitative estimate of drug-likeness (QED) is 0.854. The van der Waals surface area contributed by atoms with Crippen molar-refractivity contribution >= 4 is 5.91 Å². The smallest absolute Gasteiger partial charge is 0.251 e. The standard InChI is InChI=1S/C13H16FNO2/c1-9-7-10(3-4-11(9)14)12(16)15-13(2)5-6-17-8-13/h3-4,7H,5-6,8H2,1-2H3,(H,15,16). The predicted octanol–water partition coefficient (Wildman–Crippen LogP) is 2.04. The Kier molecular flexibility index (Phi) is 3.15. The van der Waals surface area contributed by atoms with Gasteiger partial charge < -0.3 is 10.1 Å². The van der Waals surface area contributed by atoms with Crippen LogP contribution in [-0.4, -0.2) is 24.7 Å². The Morgan fingerprint density at radius 1 is 1.53 bits per heavy atom. The van der Waals surface area contributed by atoms with Crippen molar-refractivity contribution < 1.29 is 13.9 Å². The van der Waals surface area contributed by atoms with Crippen LogP contribution in [0.5, 0.6) is 0 Å². The minimum Gasteiger partial charge on any atom is -0.379 e. The number of aryl methyl sites for hydroxylation is 1. The van der Waals surface area contributed by atoms with Gasteiger partial charge in [0.25, 0.3) is 5.91 Å². The molecule has 1 heterocycles. The van der Waals surface area contributed by atoms with Crippen LogP contribution in [0.15, 0.2) is 18.2 Å². The van der Waals surface area contributed by atoms with E-state index in [2.05, 4.69) is 5.32 Å². The second-order valence-electron chi connectivity index (χ2n) is 4.78. The lowest BCUT2D eigenvalue weighted by atomic mass is 10.0. The second-order valence-corrected chi connectivity index (χ2v) is 4.78. The molecule has 92 valence electrons. The van der Waals surface area contributed by atoms with E-state index in [1.165, 1.54) is 12.1 Å². The molecule has 1 aromatic carbocycles. The van der Waals surface area contributed by atoms with Crippen LogP contribution in [0.1, 0.15) is 29.3 Å². The Bertz CT molecular complexity index is 439. The molecule has 4 heteroatoms. The van der Waals surface area contributed by atoms with Crippen LogP contribution in [0.25, 0.3) is 0 Å². The summed E-state index contributed by atoms with van der Waals surface area (Å²) in [5.41, 5.74) is 0.654. The Balaban J connectivity index is 2.11. The van der Waals surface area contributed by atoms with Crippen molar-refractivity contribution in [3.63, 3.8) is 0 Å². The van der Waals surface area contributed by atoms with E-state index < -0.39 is 0 Å². The molecule has 1 aliphatic rings. The number of hydrogen-bond donors (Lipinski definition) is 1. The first-order valence-electron chi connectivity index (χ1n) is 5.67. The minimum atomic E-state index is -0.306. The van der Waals surface area contributed by atoms with Crippen LogP contribution in [0.3, 0.4) is 0 Å². The Hall–Kier alpha value is -1.42. The normalized spacial score (nSPS) is 23.7. The molecule has 0 saturated carbocycles. The van der Waals surface area contributed by atoms with E-state index in [4.69, 9.17) is 4.74 Å². The highest BCUT2D eigenvalue weighted by Crippen LogP contribution is 2.18. The first-order valence-corrected chi connectivity index (χ1v) is 5.67. The van der Waals surface area contributed by atoms with Gasteiger partial charge in [-0.3, -0.25) is 4.79 Å². The highest BCUT2D eigenvalue weighted by Gasteiger charge is 2.31. The summed E-state index contributed by atoms with van der Waals surface area (Å²) in [5.74, 6) is -0.474. The maximum Gasteiger partial charge on any atom is 0.251 e. The van der Waals surface area contributed by atoms with E-state index in [1.54, 1.807) is 13.0 Å². The molecule has 3 nitrogen and oxygen atoms in total. The van der Waals surface area contributed by atoms with Crippen molar-refractivity contribution in [1.29, 1.82) is 0 Å². The van der Waals surface area contributed by atoms with Gasteiger partial charge in [-0.05, 0) is 44.0 Å². The van der Waals surface area contributed by atoms with Crippen molar-refractivity contribution in [2.75, 3.05) is 13.2 Å². The molecule has 1 N–H and O–H groups in total.